The molecule has 0 atom stereocenters. The summed E-state index contributed by atoms with van der Waals surface area (Å²) in [6, 6.07) is 13.5. The summed E-state index contributed by atoms with van der Waals surface area (Å²) in [5.74, 6) is -0.930. The number of methoxy groups -OCH3 is 2. The summed E-state index contributed by atoms with van der Waals surface area (Å²) < 4.78 is 18.1. The molecule has 2 aromatic heterocycles. The zero-order chi connectivity index (χ0) is 26.7. The second-order valence-electron chi connectivity index (χ2n) is 7.91. The fraction of sp³-hybridized carbons (Fsp3) is 0.154. The Morgan fingerprint density at radius 2 is 1.70 bits per heavy atom. The Bertz CT molecular complexity index is 1500. The number of nitrogens with zero attached hydrogens (tertiary/aromatic N) is 3. The largest absolute Gasteiger partial charge is 0.497 e. The van der Waals surface area contributed by atoms with Crippen LogP contribution in [0, 0.1) is 13.8 Å². The van der Waals surface area contributed by atoms with Gasteiger partial charge in [-0.15, -0.1) is 10.2 Å². The maximum Gasteiger partial charge on any atom is 0.342 e. The molecule has 2 heterocycles. The molecular weight excluding hydrogens is 498 g/mol. The van der Waals surface area contributed by atoms with Gasteiger partial charge in [0, 0.05) is 28.7 Å². The minimum absolute atomic E-state index is 0.0297. The van der Waals surface area contributed by atoms with Gasteiger partial charge in [-0.05, 0) is 73.6 Å². The van der Waals surface area contributed by atoms with E-state index in [2.05, 4.69) is 10.2 Å². The predicted molar refractivity (Wildman–Crippen MR) is 137 cm³/mol. The third-order valence-electron chi connectivity index (χ3n) is 5.52. The maximum absolute atomic E-state index is 12.1. The van der Waals surface area contributed by atoms with Crippen LogP contribution in [0.2, 0.25) is 0 Å². The molecule has 0 spiro atoms. The Kier molecular flexibility index (Phi) is 7.35. The lowest BCUT2D eigenvalue weighted by atomic mass is 10.2. The topological polar surface area (TPSA) is 137 Å². The highest BCUT2D eigenvalue weighted by atomic mass is 32.2. The minimum atomic E-state index is -1.16. The Labute approximate surface area is 216 Å². The van der Waals surface area contributed by atoms with E-state index in [4.69, 9.17) is 13.9 Å². The molecular formula is C26H23N3O7S. The molecule has 0 radical (unpaired) electrons. The molecule has 11 heteroatoms. The third-order valence-corrected chi connectivity index (χ3v) is 6.37. The van der Waals surface area contributed by atoms with Crippen LogP contribution in [0.15, 0.2) is 63.1 Å². The van der Waals surface area contributed by atoms with Crippen LogP contribution in [0.4, 0.5) is 0 Å². The molecule has 0 amide bonds. The van der Waals surface area contributed by atoms with Gasteiger partial charge in [-0.3, -0.25) is 0 Å². The molecule has 2 N–H and O–H groups in total. The van der Waals surface area contributed by atoms with Gasteiger partial charge in [0.1, 0.15) is 16.4 Å². The molecule has 4 aromatic rings. The number of benzene rings is 2. The van der Waals surface area contributed by atoms with Crippen LogP contribution in [0.3, 0.4) is 0 Å². The monoisotopic (exact) mass is 521 g/mol. The summed E-state index contributed by atoms with van der Waals surface area (Å²) in [5, 5.41) is 27.3. The minimum Gasteiger partial charge on any atom is -0.497 e. The van der Waals surface area contributed by atoms with Gasteiger partial charge in [0.25, 0.3) is 5.22 Å². The van der Waals surface area contributed by atoms with Gasteiger partial charge < -0.3 is 28.7 Å². The van der Waals surface area contributed by atoms with Crippen molar-refractivity contribution in [2.24, 2.45) is 0 Å². The van der Waals surface area contributed by atoms with Crippen LogP contribution in [-0.4, -0.2) is 51.1 Å². The second-order valence-corrected chi connectivity index (χ2v) is 8.90. The van der Waals surface area contributed by atoms with E-state index in [1.165, 1.54) is 26.4 Å². The summed E-state index contributed by atoms with van der Waals surface area (Å²) in [6.45, 7) is 3.69. The average Bonchev–Trinajstić information content (AvgIpc) is 3.46. The van der Waals surface area contributed by atoms with E-state index >= 15 is 0 Å². The van der Waals surface area contributed by atoms with Crippen LogP contribution in [-0.2, 0) is 4.79 Å². The number of rotatable bonds is 9. The van der Waals surface area contributed by atoms with E-state index in [0.717, 1.165) is 23.1 Å². The van der Waals surface area contributed by atoms with Crippen molar-refractivity contribution in [2.45, 2.75) is 19.1 Å². The van der Waals surface area contributed by atoms with Gasteiger partial charge in [-0.2, -0.15) is 0 Å². The zero-order valence-corrected chi connectivity index (χ0v) is 21.2. The van der Waals surface area contributed by atoms with Crippen LogP contribution in [0.5, 0.6) is 11.5 Å². The number of aryl methyl sites for hydroxylation is 1. The molecule has 4 rings (SSSR count). The molecule has 0 aliphatic heterocycles. The molecule has 2 aromatic carbocycles. The van der Waals surface area contributed by atoms with Gasteiger partial charge in [0.05, 0.1) is 19.8 Å². The van der Waals surface area contributed by atoms with E-state index < -0.39 is 11.9 Å². The zero-order valence-electron chi connectivity index (χ0n) is 20.4. The first-order valence-electron chi connectivity index (χ1n) is 10.9. The van der Waals surface area contributed by atoms with E-state index in [0.29, 0.717) is 28.3 Å². The summed E-state index contributed by atoms with van der Waals surface area (Å²) in [6.07, 6.45) is 1.52. The van der Waals surface area contributed by atoms with E-state index in [1.54, 1.807) is 36.4 Å². The molecule has 0 saturated carbocycles. The Hall–Kier alpha value is -4.51. The smallest absolute Gasteiger partial charge is 0.342 e. The van der Waals surface area contributed by atoms with Gasteiger partial charge >= 0.3 is 11.9 Å². The predicted octanol–water partition coefficient (Wildman–Crippen LogP) is 5.08. The number of aromatic nitrogens is 3. The summed E-state index contributed by atoms with van der Waals surface area (Å²) >= 11 is 0.825. The molecule has 10 nitrogen and oxygen atoms in total. The molecule has 0 aliphatic rings. The first kappa shape index (κ1) is 25.6. The van der Waals surface area contributed by atoms with Gasteiger partial charge in [0.2, 0.25) is 5.89 Å². The van der Waals surface area contributed by atoms with Crippen molar-refractivity contribution < 1.29 is 33.7 Å². The lowest BCUT2D eigenvalue weighted by Gasteiger charge is -2.10. The number of carbonyl (C=O) groups is 2. The number of hydrogen-bond donors (Lipinski definition) is 2. The molecule has 0 aliphatic carbocycles. The van der Waals surface area contributed by atoms with Crippen LogP contribution in [0.25, 0.3) is 23.2 Å². The number of hydrogen-bond acceptors (Lipinski definition) is 8. The van der Waals surface area contributed by atoms with Crippen LogP contribution in [0.1, 0.15) is 27.3 Å². The quantitative estimate of drug-likeness (QED) is 0.227. The number of carboxylic acids is 2. The molecule has 0 saturated heterocycles. The Morgan fingerprint density at radius 1 is 1.00 bits per heavy atom. The van der Waals surface area contributed by atoms with Crippen molar-refractivity contribution >= 4 is 29.8 Å². The van der Waals surface area contributed by atoms with E-state index in [9.17, 15) is 19.8 Å². The third kappa shape index (κ3) is 5.51. The summed E-state index contributed by atoms with van der Waals surface area (Å²) in [7, 11) is 3.05. The Balaban J connectivity index is 1.65. The highest BCUT2D eigenvalue weighted by Crippen LogP contribution is 2.34. The van der Waals surface area contributed by atoms with E-state index in [1.807, 2.05) is 24.5 Å². The van der Waals surface area contributed by atoms with Crippen LogP contribution < -0.4 is 9.47 Å². The van der Waals surface area contributed by atoms with Crippen molar-refractivity contribution in [1.29, 1.82) is 0 Å². The van der Waals surface area contributed by atoms with Crippen LogP contribution >= 0.6 is 11.8 Å². The Morgan fingerprint density at radius 3 is 2.32 bits per heavy atom. The van der Waals surface area contributed by atoms with E-state index in [-0.39, 0.29) is 21.6 Å². The standard InChI is InChI=1S/C26H23N3O7S/c1-14-8-17(15(2)29(14)19-7-5-6-16(9-19)24(30)31)12-22(25(32)33)37-26-28-27-23(36-26)18-10-20(34-3)13-21(11-18)35-4/h5-13H,1-4H3,(H,30,31)(H,32,33)/b22-12-. The number of thioether (sulfide) groups is 1. The van der Waals surface area contributed by atoms with Crippen molar-refractivity contribution in [3.05, 3.63) is 76.0 Å². The number of aromatic carboxylic acids is 1. The first-order valence-corrected chi connectivity index (χ1v) is 11.7. The highest BCUT2D eigenvalue weighted by molar-refractivity contribution is 8.03. The first-order chi connectivity index (χ1) is 17.7. The fourth-order valence-electron chi connectivity index (χ4n) is 3.78. The summed E-state index contributed by atoms with van der Waals surface area (Å²) in [5.41, 5.74) is 3.59. The molecule has 0 bridgehead atoms. The van der Waals surface area contributed by atoms with Crippen molar-refractivity contribution in [3.8, 4) is 28.6 Å². The highest BCUT2D eigenvalue weighted by Gasteiger charge is 2.19. The van der Waals surface area contributed by atoms with Gasteiger partial charge in [0.15, 0.2) is 0 Å². The van der Waals surface area contributed by atoms with Gasteiger partial charge in [-0.25, -0.2) is 9.59 Å². The number of carboxylic acid groups (broad SMARTS) is 2. The summed E-state index contributed by atoms with van der Waals surface area (Å²) in [4.78, 5) is 23.4. The number of aliphatic carboxylic acids is 1. The lowest BCUT2D eigenvalue weighted by molar-refractivity contribution is -0.131. The molecule has 37 heavy (non-hydrogen) atoms. The SMILES string of the molecule is COc1cc(OC)cc(-c2nnc(S/C(=C\c3cc(C)n(-c4cccc(C(=O)O)c4)c3C)C(=O)O)o2)c1. The molecule has 0 fully saturated rings. The van der Waals surface area contributed by atoms with Crippen molar-refractivity contribution in [1.82, 2.24) is 14.8 Å². The van der Waals surface area contributed by atoms with Gasteiger partial charge in [-0.1, -0.05) is 6.07 Å². The fourth-order valence-corrected chi connectivity index (χ4v) is 4.44. The van der Waals surface area contributed by atoms with Crippen molar-refractivity contribution in [2.75, 3.05) is 14.2 Å². The normalized spacial score (nSPS) is 11.4. The number of ether oxygens (including phenoxy) is 2. The molecule has 0 unspecified atom stereocenters. The molecule has 190 valence electrons. The maximum atomic E-state index is 12.1. The van der Waals surface area contributed by atoms with Crippen molar-refractivity contribution in [3.63, 3.8) is 0 Å². The lowest BCUT2D eigenvalue weighted by Crippen LogP contribution is -2.03. The second kappa shape index (κ2) is 10.6. The average molecular weight is 522 g/mol.